The number of hydrogen-bond donors (Lipinski definition) is 1. The Bertz CT molecular complexity index is 1010. The Labute approximate surface area is 153 Å². The first kappa shape index (κ1) is 16.5. The van der Waals surface area contributed by atoms with Crippen molar-refractivity contribution in [2.24, 2.45) is 0 Å². The molecule has 0 spiro atoms. The van der Waals surface area contributed by atoms with Gasteiger partial charge in [-0.2, -0.15) is 5.01 Å². The van der Waals surface area contributed by atoms with Gasteiger partial charge in [-0.1, -0.05) is 30.3 Å². The molecule has 134 valence electrons. The van der Waals surface area contributed by atoms with E-state index in [9.17, 15) is 19.5 Å². The number of imide groups is 1. The molecule has 0 unspecified atom stereocenters. The van der Waals surface area contributed by atoms with Crippen LogP contribution in [0.15, 0.2) is 67.3 Å². The number of hydrazine groups is 1. The van der Waals surface area contributed by atoms with Crippen molar-refractivity contribution < 1.29 is 19.5 Å². The van der Waals surface area contributed by atoms with Gasteiger partial charge in [-0.05, 0) is 23.8 Å². The molecule has 0 atom stereocenters. The molecule has 0 bridgehead atoms. The molecule has 8 heteroatoms. The zero-order valence-corrected chi connectivity index (χ0v) is 14.0. The molecule has 1 aliphatic heterocycles. The molecule has 4 rings (SSSR count). The number of aromatic nitrogens is 2. The maximum atomic E-state index is 12.6. The van der Waals surface area contributed by atoms with E-state index in [2.05, 4.69) is 4.98 Å². The first-order valence-electron chi connectivity index (χ1n) is 8.12. The quantitative estimate of drug-likeness (QED) is 0.720. The molecule has 1 aromatic heterocycles. The van der Waals surface area contributed by atoms with E-state index in [1.807, 2.05) is 6.07 Å². The lowest BCUT2D eigenvalue weighted by Gasteiger charge is -2.28. The molecular weight excluding hydrogens is 348 g/mol. The molecule has 3 aromatic rings. The van der Waals surface area contributed by atoms with Crippen molar-refractivity contribution in [3.05, 3.63) is 83.9 Å². The largest absolute Gasteiger partial charge is 0.464 e. The highest BCUT2D eigenvalue weighted by molar-refractivity contribution is 6.21. The van der Waals surface area contributed by atoms with Crippen LogP contribution in [0.25, 0.3) is 5.69 Å². The van der Waals surface area contributed by atoms with E-state index in [-0.39, 0.29) is 17.7 Å². The minimum absolute atomic E-state index is 0.171. The Morgan fingerprint density at radius 3 is 2.22 bits per heavy atom. The van der Waals surface area contributed by atoms with Gasteiger partial charge in [-0.15, -0.1) is 0 Å². The summed E-state index contributed by atoms with van der Waals surface area (Å²) in [4.78, 5) is 41.2. The highest BCUT2D eigenvalue weighted by atomic mass is 16.4. The molecule has 27 heavy (non-hydrogen) atoms. The molecule has 1 aliphatic rings. The summed E-state index contributed by atoms with van der Waals surface area (Å²) in [6.07, 6.45) is 3.53. The highest BCUT2D eigenvalue weighted by Crippen LogP contribution is 2.26. The SMILES string of the molecule is O=C(O)N(Cc1ccccc1-n1ccnc1)N1C(=O)c2ccccc2C1=O. The number of fused-ring (bicyclic) bond motifs is 1. The van der Waals surface area contributed by atoms with Crippen molar-refractivity contribution >= 4 is 17.9 Å². The van der Waals surface area contributed by atoms with Gasteiger partial charge in [0.15, 0.2) is 0 Å². The number of rotatable bonds is 4. The summed E-state index contributed by atoms with van der Waals surface area (Å²) in [5.41, 5.74) is 1.71. The molecule has 8 nitrogen and oxygen atoms in total. The van der Waals surface area contributed by atoms with E-state index < -0.39 is 17.9 Å². The molecule has 2 heterocycles. The van der Waals surface area contributed by atoms with Crippen molar-refractivity contribution in [1.29, 1.82) is 0 Å². The minimum Gasteiger partial charge on any atom is -0.464 e. The third-order valence-electron chi connectivity index (χ3n) is 4.33. The molecule has 0 aliphatic carbocycles. The van der Waals surface area contributed by atoms with E-state index in [4.69, 9.17) is 0 Å². The predicted octanol–water partition coefficient (Wildman–Crippen LogP) is 2.56. The van der Waals surface area contributed by atoms with Crippen molar-refractivity contribution in [2.45, 2.75) is 6.54 Å². The average molecular weight is 362 g/mol. The van der Waals surface area contributed by atoms with Gasteiger partial charge in [0.25, 0.3) is 11.8 Å². The maximum Gasteiger partial charge on any atom is 0.427 e. The molecule has 0 saturated heterocycles. The van der Waals surface area contributed by atoms with E-state index in [0.29, 0.717) is 16.3 Å². The summed E-state index contributed by atoms with van der Waals surface area (Å²) >= 11 is 0. The Kier molecular flexibility index (Phi) is 3.92. The average Bonchev–Trinajstić information content (AvgIpc) is 3.29. The number of para-hydroxylation sites is 1. The molecule has 0 radical (unpaired) electrons. The number of imidazole rings is 1. The van der Waals surface area contributed by atoms with Gasteiger partial charge < -0.3 is 9.67 Å². The lowest BCUT2D eigenvalue weighted by Crippen LogP contribution is -2.48. The van der Waals surface area contributed by atoms with Crippen LogP contribution in [0.2, 0.25) is 0 Å². The first-order chi connectivity index (χ1) is 13.1. The first-order valence-corrected chi connectivity index (χ1v) is 8.12. The van der Waals surface area contributed by atoms with Crippen LogP contribution in [-0.2, 0) is 6.54 Å². The third-order valence-corrected chi connectivity index (χ3v) is 4.33. The van der Waals surface area contributed by atoms with Gasteiger partial charge in [-0.25, -0.2) is 14.8 Å². The number of carbonyl (C=O) groups excluding carboxylic acids is 2. The van der Waals surface area contributed by atoms with Crippen molar-refractivity contribution in [3.63, 3.8) is 0 Å². The molecular formula is C19H14N4O4. The number of hydrogen-bond acceptors (Lipinski definition) is 4. The van der Waals surface area contributed by atoms with Crippen LogP contribution in [0, 0.1) is 0 Å². The number of carboxylic acid groups (broad SMARTS) is 1. The summed E-state index contributed by atoms with van der Waals surface area (Å²) in [7, 11) is 0. The standard InChI is InChI=1S/C19H14N4O4/c24-17-14-6-2-3-7-15(14)18(25)23(17)22(19(26)27)11-13-5-1-4-8-16(13)21-10-9-20-12-21/h1-10,12H,11H2,(H,26,27). The lowest BCUT2D eigenvalue weighted by atomic mass is 10.1. The lowest BCUT2D eigenvalue weighted by molar-refractivity contribution is 0.00326. The molecule has 2 aromatic carbocycles. The zero-order valence-electron chi connectivity index (χ0n) is 14.0. The summed E-state index contributed by atoms with van der Waals surface area (Å²) in [6, 6.07) is 13.4. The normalized spacial score (nSPS) is 13.0. The predicted molar refractivity (Wildman–Crippen MR) is 94.1 cm³/mol. The van der Waals surface area contributed by atoms with Gasteiger partial charge in [0, 0.05) is 12.4 Å². The number of amides is 3. The van der Waals surface area contributed by atoms with Gasteiger partial charge >= 0.3 is 6.09 Å². The smallest absolute Gasteiger partial charge is 0.427 e. The second-order valence-corrected chi connectivity index (χ2v) is 5.91. The monoisotopic (exact) mass is 362 g/mol. The van der Waals surface area contributed by atoms with Crippen LogP contribution >= 0.6 is 0 Å². The molecule has 0 fully saturated rings. The van der Waals surface area contributed by atoms with E-state index in [1.165, 1.54) is 12.1 Å². The highest BCUT2D eigenvalue weighted by Gasteiger charge is 2.41. The minimum atomic E-state index is -1.40. The number of nitrogens with zero attached hydrogens (tertiary/aromatic N) is 4. The fraction of sp³-hybridized carbons (Fsp3) is 0.0526. The van der Waals surface area contributed by atoms with Crippen LogP contribution in [0.3, 0.4) is 0 Å². The van der Waals surface area contributed by atoms with Crippen LogP contribution < -0.4 is 0 Å². The Hall–Kier alpha value is -3.94. The third kappa shape index (κ3) is 2.73. The van der Waals surface area contributed by atoms with Crippen LogP contribution in [0.1, 0.15) is 26.3 Å². The number of carbonyl (C=O) groups is 3. The molecule has 3 amide bonds. The molecule has 1 N–H and O–H groups in total. The maximum absolute atomic E-state index is 12.6. The number of benzene rings is 2. The van der Waals surface area contributed by atoms with Crippen LogP contribution in [-0.4, -0.2) is 42.6 Å². The Morgan fingerprint density at radius 1 is 1.00 bits per heavy atom. The van der Waals surface area contributed by atoms with Crippen molar-refractivity contribution in [1.82, 2.24) is 19.6 Å². The summed E-state index contributed by atoms with van der Waals surface area (Å²) in [5.74, 6) is -1.31. The van der Waals surface area contributed by atoms with Crippen molar-refractivity contribution in [2.75, 3.05) is 0 Å². The fourth-order valence-electron chi connectivity index (χ4n) is 3.08. The van der Waals surface area contributed by atoms with Crippen LogP contribution in [0.5, 0.6) is 0 Å². The zero-order chi connectivity index (χ0) is 19.0. The Balaban J connectivity index is 1.72. The van der Waals surface area contributed by atoms with Gasteiger partial charge in [0.2, 0.25) is 0 Å². The van der Waals surface area contributed by atoms with Gasteiger partial charge in [0.1, 0.15) is 0 Å². The summed E-state index contributed by atoms with van der Waals surface area (Å²) in [6.45, 7) is -0.171. The topological polar surface area (TPSA) is 95.7 Å². The van der Waals surface area contributed by atoms with Crippen molar-refractivity contribution in [3.8, 4) is 5.69 Å². The van der Waals surface area contributed by atoms with Gasteiger partial charge in [0.05, 0.1) is 29.7 Å². The van der Waals surface area contributed by atoms with E-state index in [0.717, 1.165) is 5.01 Å². The second-order valence-electron chi connectivity index (χ2n) is 5.91. The van der Waals surface area contributed by atoms with E-state index in [1.54, 1.807) is 53.6 Å². The summed E-state index contributed by atoms with van der Waals surface area (Å²) in [5, 5.41) is 11.1. The second kappa shape index (κ2) is 6.41. The van der Waals surface area contributed by atoms with E-state index >= 15 is 0 Å². The van der Waals surface area contributed by atoms with Crippen LogP contribution in [0.4, 0.5) is 4.79 Å². The fourth-order valence-corrected chi connectivity index (χ4v) is 3.08. The summed E-state index contributed by atoms with van der Waals surface area (Å²) < 4.78 is 1.73. The molecule has 0 saturated carbocycles. The Morgan fingerprint density at radius 2 is 1.63 bits per heavy atom. The van der Waals surface area contributed by atoms with Gasteiger partial charge in [-0.3, -0.25) is 9.59 Å².